The van der Waals surface area contributed by atoms with Crippen molar-refractivity contribution < 1.29 is 9.90 Å². The predicted octanol–water partition coefficient (Wildman–Crippen LogP) is 1.75. The zero-order valence-electron chi connectivity index (χ0n) is 11.0. The second kappa shape index (κ2) is 5.99. The second-order valence-electron chi connectivity index (χ2n) is 4.62. The summed E-state index contributed by atoms with van der Waals surface area (Å²) in [5.41, 5.74) is 0.919. The summed E-state index contributed by atoms with van der Waals surface area (Å²) in [5.74, 6) is -0.823. The first-order valence-corrected chi connectivity index (χ1v) is 6.81. The van der Waals surface area contributed by atoms with Gasteiger partial charge in [0.25, 0.3) is 0 Å². The molecule has 0 amide bonds. The van der Waals surface area contributed by atoms with Crippen LogP contribution < -0.4 is 4.90 Å². The molecule has 0 spiro atoms. The lowest BCUT2D eigenvalue weighted by molar-refractivity contribution is -0.135. The Kier molecular flexibility index (Phi) is 4.34. The normalized spacial score (nSPS) is 11.1. The van der Waals surface area contributed by atoms with Crippen molar-refractivity contribution in [1.29, 1.82) is 0 Å². The Bertz CT molecular complexity index is 568. The van der Waals surface area contributed by atoms with Crippen LogP contribution in [0.2, 0.25) is 0 Å². The van der Waals surface area contributed by atoms with Gasteiger partial charge in [-0.2, -0.15) is 4.37 Å². The van der Waals surface area contributed by atoms with Gasteiger partial charge < -0.3 is 14.9 Å². The molecule has 0 aliphatic rings. The molecule has 1 aromatic carbocycles. The number of rotatable bonds is 6. The number of carboxylic acid groups (broad SMARTS) is 1. The summed E-state index contributed by atoms with van der Waals surface area (Å²) in [5, 5.41) is 11.0. The largest absolute Gasteiger partial charge is 0.480 e. The van der Waals surface area contributed by atoms with Crippen LogP contribution in [0.4, 0.5) is 5.00 Å². The number of anilines is 1. The second-order valence-corrected chi connectivity index (χ2v) is 5.38. The SMILES string of the molecule is CN(C)CCN(CC(=O)O)c1snc2ccccc12. The highest BCUT2D eigenvalue weighted by Crippen LogP contribution is 2.30. The van der Waals surface area contributed by atoms with Gasteiger partial charge in [-0.15, -0.1) is 0 Å². The third-order valence-electron chi connectivity index (χ3n) is 2.80. The van der Waals surface area contributed by atoms with E-state index in [1.165, 1.54) is 11.5 Å². The van der Waals surface area contributed by atoms with E-state index in [2.05, 4.69) is 4.37 Å². The predicted molar refractivity (Wildman–Crippen MR) is 78.0 cm³/mol. The Morgan fingerprint density at radius 1 is 1.32 bits per heavy atom. The molecule has 0 aliphatic carbocycles. The van der Waals surface area contributed by atoms with Crippen LogP contribution in [0.3, 0.4) is 0 Å². The number of aromatic nitrogens is 1. The van der Waals surface area contributed by atoms with Gasteiger partial charge in [-0.25, -0.2) is 0 Å². The number of carbonyl (C=O) groups is 1. The number of hydrogen-bond acceptors (Lipinski definition) is 5. The molecule has 5 nitrogen and oxygen atoms in total. The molecule has 0 atom stereocenters. The molecular formula is C13H17N3O2S. The van der Waals surface area contributed by atoms with Crippen LogP contribution in [-0.4, -0.2) is 54.1 Å². The fraction of sp³-hybridized carbons (Fsp3) is 0.385. The maximum absolute atomic E-state index is 11.0. The minimum atomic E-state index is -0.823. The van der Waals surface area contributed by atoms with Gasteiger partial charge in [-0.3, -0.25) is 4.79 Å². The minimum Gasteiger partial charge on any atom is -0.480 e. The summed E-state index contributed by atoms with van der Waals surface area (Å²) >= 11 is 1.36. The summed E-state index contributed by atoms with van der Waals surface area (Å²) in [7, 11) is 3.95. The van der Waals surface area contributed by atoms with Crippen molar-refractivity contribution in [3.63, 3.8) is 0 Å². The van der Waals surface area contributed by atoms with E-state index >= 15 is 0 Å². The lowest BCUT2D eigenvalue weighted by Crippen LogP contribution is -2.35. The molecule has 0 bridgehead atoms. The van der Waals surface area contributed by atoms with Gasteiger partial charge in [0.1, 0.15) is 11.5 Å². The maximum atomic E-state index is 11.0. The molecule has 2 rings (SSSR count). The molecule has 0 unspecified atom stereocenters. The first kappa shape index (κ1) is 13.8. The van der Waals surface area contributed by atoms with Crippen LogP contribution in [0.25, 0.3) is 10.9 Å². The van der Waals surface area contributed by atoms with E-state index in [1.807, 2.05) is 48.2 Å². The first-order chi connectivity index (χ1) is 9.08. The standard InChI is InChI=1S/C13H17N3O2S/c1-15(2)7-8-16(9-12(17)18)13-10-5-3-4-6-11(10)14-19-13/h3-6H,7-9H2,1-2H3,(H,17,18). The van der Waals surface area contributed by atoms with Gasteiger partial charge in [0.05, 0.1) is 5.52 Å². The monoisotopic (exact) mass is 279 g/mol. The van der Waals surface area contributed by atoms with Crippen LogP contribution in [0.15, 0.2) is 24.3 Å². The fourth-order valence-corrected chi connectivity index (χ4v) is 2.73. The number of benzene rings is 1. The number of likely N-dealkylation sites (N-methyl/N-ethyl adjacent to an activating group) is 1. The van der Waals surface area contributed by atoms with Gasteiger partial charge in [0.15, 0.2) is 0 Å². The van der Waals surface area contributed by atoms with Gasteiger partial charge >= 0.3 is 5.97 Å². The summed E-state index contributed by atoms with van der Waals surface area (Å²) in [6.07, 6.45) is 0. The van der Waals surface area contributed by atoms with E-state index in [0.717, 1.165) is 22.4 Å². The molecular weight excluding hydrogens is 262 g/mol. The number of fused-ring (bicyclic) bond motifs is 1. The topological polar surface area (TPSA) is 56.7 Å². The van der Waals surface area contributed by atoms with Crippen molar-refractivity contribution in [2.24, 2.45) is 0 Å². The summed E-state index contributed by atoms with van der Waals surface area (Å²) < 4.78 is 4.37. The van der Waals surface area contributed by atoms with Gasteiger partial charge in [-0.1, -0.05) is 12.1 Å². The van der Waals surface area contributed by atoms with Gasteiger partial charge in [0.2, 0.25) is 0 Å². The van der Waals surface area contributed by atoms with E-state index < -0.39 is 5.97 Å². The van der Waals surface area contributed by atoms with Crippen molar-refractivity contribution in [3.8, 4) is 0 Å². The average Bonchev–Trinajstić information content (AvgIpc) is 2.77. The smallest absolute Gasteiger partial charge is 0.323 e. The highest BCUT2D eigenvalue weighted by molar-refractivity contribution is 7.11. The molecule has 0 fully saturated rings. The van der Waals surface area contributed by atoms with Crippen LogP contribution in [0.5, 0.6) is 0 Å². The molecule has 0 radical (unpaired) electrons. The van der Waals surface area contributed by atoms with E-state index in [1.54, 1.807) is 0 Å². The van der Waals surface area contributed by atoms with E-state index in [9.17, 15) is 4.79 Å². The Hall–Kier alpha value is -1.66. The summed E-state index contributed by atoms with van der Waals surface area (Å²) in [6, 6.07) is 7.82. The number of aliphatic carboxylic acids is 1. The molecule has 6 heteroatoms. The van der Waals surface area contributed by atoms with Crippen molar-refractivity contribution in [2.75, 3.05) is 38.6 Å². The molecule has 0 saturated carbocycles. The van der Waals surface area contributed by atoms with E-state index in [-0.39, 0.29) is 6.54 Å². The number of nitrogens with zero attached hydrogens (tertiary/aromatic N) is 3. The molecule has 19 heavy (non-hydrogen) atoms. The van der Waals surface area contributed by atoms with Gasteiger partial charge in [0, 0.05) is 18.5 Å². The van der Waals surface area contributed by atoms with Crippen molar-refractivity contribution in [2.45, 2.75) is 0 Å². The zero-order chi connectivity index (χ0) is 13.8. The molecule has 1 N–H and O–H groups in total. The first-order valence-electron chi connectivity index (χ1n) is 6.04. The number of hydrogen-bond donors (Lipinski definition) is 1. The minimum absolute atomic E-state index is 0.0000274. The fourth-order valence-electron chi connectivity index (χ4n) is 1.84. The Balaban J connectivity index is 2.28. The molecule has 0 aliphatic heterocycles. The average molecular weight is 279 g/mol. The van der Waals surface area contributed by atoms with Crippen LogP contribution in [0, 0.1) is 0 Å². The molecule has 1 heterocycles. The third kappa shape index (κ3) is 3.42. The molecule has 1 aromatic heterocycles. The lowest BCUT2D eigenvalue weighted by Gasteiger charge is -2.23. The van der Waals surface area contributed by atoms with Crippen molar-refractivity contribution in [1.82, 2.24) is 9.27 Å². The summed E-state index contributed by atoms with van der Waals surface area (Å²) in [4.78, 5) is 14.9. The van der Waals surface area contributed by atoms with Crippen molar-refractivity contribution >= 4 is 33.4 Å². The van der Waals surface area contributed by atoms with Crippen LogP contribution in [0.1, 0.15) is 0 Å². The van der Waals surface area contributed by atoms with E-state index in [0.29, 0.717) is 6.54 Å². The van der Waals surface area contributed by atoms with Crippen LogP contribution >= 0.6 is 11.5 Å². The molecule has 0 saturated heterocycles. The molecule has 102 valence electrons. The van der Waals surface area contributed by atoms with Crippen molar-refractivity contribution in [3.05, 3.63) is 24.3 Å². The Labute approximate surface area is 116 Å². The molecule has 2 aromatic rings. The summed E-state index contributed by atoms with van der Waals surface area (Å²) in [6.45, 7) is 1.48. The Morgan fingerprint density at radius 3 is 2.74 bits per heavy atom. The highest BCUT2D eigenvalue weighted by atomic mass is 32.1. The third-order valence-corrected chi connectivity index (χ3v) is 3.73. The van der Waals surface area contributed by atoms with E-state index in [4.69, 9.17) is 5.11 Å². The lowest BCUT2D eigenvalue weighted by atomic mass is 10.2. The number of carboxylic acids is 1. The van der Waals surface area contributed by atoms with Crippen LogP contribution in [-0.2, 0) is 4.79 Å². The zero-order valence-corrected chi connectivity index (χ0v) is 11.9. The maximum Gasteiger partial charge on any atom is 0.323 e. The van der Waals surface area contributed by atoms with Gasteiger partial charge in [-0.05, 0) is 37.8 Å². The highest BCUT2D eigenvalue weighted by Gasteiger charge is 2.16. The Morgan fingerprint density at radius 2 is 2.05 bits per heavy atom. The quantitative estimate of drug-likeness (QED) is 0.873.